The summed E-state index contributed by atoms with van der Waals surface area (Å²) in [6, 6.07) is 13.8. The summed E-state index contributed by atoms with van der Waals surface area (Å²) in [5.41, 5.74) is 9.02. The third kappa shape index (κ3) is 4.37. The number of ether oxygens (including phenoxy) is 1. The second-order valence-corrected chi connectivity index (χ2v) is 5.93. The molecule has 2 aromatic carbocycles. The van der Waals surface area contributed by atoms with Crippen LogP contribution in [0, 0.1) is 0 Å². The van der Waals surface area contributed by atoms with Gasteiger partial charge in [0, 0.05) is 16.6 Å². The van der Waals surface area contributed by atoms with Crippen LogP contribution in [0.15, 0.2) is 59.4 Å². The number of hydrazine groups is 1. The van der Waals surface area contributed by atoms with Gasteiger partial charge in [0.2, 0.25) is 0 Å². The van der Waals surface area contributed by atoms with Crippen LogP contribution in [0.5, 0.6) is 5.75 Å². The van der Waals surface area contributed by atoms with Crippen LogP contribution < -0.4 is 20.9 Å². The molecular weight excluding hydrogens is 352 g/mol. The number of nitrogens with zero attached hydrogens (tertiary/aromatic N) is 1. The van der Waals surface area contributed by atoms with Gasteiger partial charge in [-0.2, -0.15) is 0 Å². The molecule has 0 fully saturated rings. The third-order valence-corrected chi connectivity index (χ3v) is 4.04. The first kappa shape index (κ1) is 17.4. The lowest BCUT2D eigenvalue weighted by molar-refractivity contribution is 0.0957. The number of amides is 2. The van der Waals surface area contributed by atoms with E-state index in [1.807, 2.05) is 0 Å². The summed E-state index contributed by atoms with van der Waals surface area (Å²) in [7, 11) is 1.57. The van der Waals surface area contributed by atoms with Gasteiger partial charge in [-0.3, -0.25) is 20.4 Å². The zero-order chi connectivity index (χ0) is 18.4. The van der Waals surface area contributed by atoms with Crippen molar-refractivity contribution in [3.05, 3.63) is 70.7 Å². The normalized spacial score (nSPS) is 10.0. The Morgan fingerprint density at radius 1 is 1.04 bits per heavy atom. The minimum Gasteiger partial charge on any atom is -0.497 e. The lowest BCUT2D eigenvalue weighted by Crippen LogP contribution is -2.29. The predicted octanol–water partition coefficient (Wildman–Crippen LogP) is 3.16. The van der Waals surface area contributed by atoms with Crippen LogP contribution in [0.2, 0.25) is 0 Å². The van der Waals surface area contributed by atoms with Gasteiger partial charge in [-0.1, -0.05) is 6.07 Å². The topological polar surface area (TPSA) is 92.4 Å². The minimum absolute atomic E-state index is 0.240. The van der Waals surface area contributed by atoms with Crippen LogP contribution in [0.1, 0.15) is 20.8 Å². The van der Waals surface area contributed by atoms with Gasteiger partial charge in [0.1, 0.15) is 11.4 Å². The summed E-state index contributed by atoms with van der Waals surface area (Å²) >= 11 is 1.34. The van der Waals surface area contributed by atoms with E-state index >= 15 is 0 Å². The van der Waals surface area contributed by atoms with E-state index < -0.39 is 0 Å². The van der Waals surface area contributed by atoms with Crippen molar-refractivity contribution >= 4 is 34.5 Å². The van der Waals surface area contributed by atoms with Crippen molar-refractivity contribution < 1.29 is 14.3 Å². The number of anilines is 2. The van der Waals surface area contributed by atoms with Crippen molar-refractivity contribution in [1.29, 1.82) is 0 Å². The molecule has 0 bridgehead atoms. The molecule has 0 atom stereocenters. The molecule has 8 heteroatoms. The fourth-order valence-corrected chi connectivity index (χ4v) is 2.67. The lowest BCUT2D eigenvalue weighted by atomic mass is 10.2. The zero-order valence-electron chi connectivity index (χ0n) is 13.9. The van der Waals surface area contributed by atoms with Gasteiger partial charge < -0.3 is 10.1 Å². The van der Waals surface area contributed by atoms with Crippen LogP contribution in [-0.2, 0) is 0 Å². The summed E-state index contributed by atoms with van der Waals surface area (Å²) in [5, 5.41) is 4.46. The van der Waals surface area contributed by atoms with Gasteiger partial charge in [0.05, 0.1) is 18.3 Å². The number of carbonyl (C=O) groups excluding carboxylic acids is 2. The van der Waals surface area contributed by atoms with Gasteiger partial charge in [-0.25, -0.2) is 4.98 Å². The van der Waals surface area contributed by atoms with Gasteiger partial charge in [-0.15, -0.1) is 11.3 Å². The van der Waals surface area contributed by atoms with Gasteiger partial charge in [-0.05, 0) is 42.5 Å². The average Bonchev–Trinajstić information content (AvgIpc) is 3.21. The molecule has 3 N–H and O–H groups in total. The summed E-state index contributed by atoms with van der Waals surface area (Å²) in [4.78, 5) is 28.1. The second-order valence-electron chi connectivity index (χ2n) is 5.22. The molecule has 7 nitrogen and oxygen atoms in total. The van der Waals surface area contributed by atoms with Crippen molar-refractivity contribution in [3.8, 4) is 5.75 Å². The average molecular weight is 368 g/mol. The monoisotopic (exact) mass is 368 g/mol. The molecule has 132 valence electrons. The highest BCUT2D eigenvalue weighted by molar-refractivity contribution is 7.07. The molecule has 2 amide bonds. The molecule has 0 saturated carbocycles. The Labute approximate surface area is 154 Å². The van der Waals surface area contributed by atoms with Gasteiger partial charge in [0.15, 0.2) is 0 Å². The fraction of sp³-hybridized carbons (Fsp3) is 0.0556. The molecule has 0 radical (unpaired) electrons. The number of hydrogen-bond acceptors (Lipinski definition) is 6. The number of benzene rings is 2. The van der Waals surface area contributed by atoms with Crippen LogP contribution in [0.25, 0.3) is 0 Å². The highest BCUT2D eigenvalue weighted by atomic mass is 32.1. The van der Waals surface area contributed by atoms with Crippen molar-refractivity contribution in [2.24, 2.45) is 0 Å². The Morgan fingerprint density at radius 3 is 2.50 bits per heavy atom. The fourth-order valence-electron chi connectivity index (χ4n) is 2.14. The molecule has 0 aliphatic heterocycles. The summed E-state index contributed by atoms with van der Waals surface area (Å²) in [6.07, 6.45) is 0. The first-order valence-corrected chi connectivity index (χ1v) is 8.60. The molecule has 0 saturated heterocycles. The number of hydrogen-bond donors (Lipinski definition) is 3. The van der Waals surface area contributed by atoms with Crippen molar-refractivity contribution in [2.75, 3.05) is 17.9 Å². The van der Waals surface area contributed by atoms with E-state index in [4.69, 9.17) is 4.74 Å². The Hall–Kier alpha value is -3.39. The SMILES string of the molecule is COc1ccc(C(=O)Nc2cccc(NNC(=O)c3cscn3)c2)cc1. The Balaban J connectivity index is 1.61. The Morgan fingerprint density at radius 2 is 1.81 bits per heavy atom. The number of aromatic nitrogens is 1. The molecule has 3 rings (SSSR count). The van der Waals surface area contributed by atoms with Crippen LogP contribution in [0.3, 0.4) is 0 Å². The van der Waals surface area contributed by atoms with Crippen molar-refractivity contribution in [1.82, 2.24) is 10.4 Å². The molecule has 1 heterocycles. The van der Waals surface area contributed by atoms with Crippen LogP contribution in [-0.4, -0.2) is 23.9 Å². The van der Waals surface area contributed by atoms with E-state index in [9.17, 15) is 9.59 Å². The van der Waals surface area contributed by atoms with Crippen LogP contribution in [0.4, 0.5) is 11.4 Å². The Kier molecular flexibility index (Phi) is 5.45. The number of rotatable bonds is 6. The standard InChI is InChI=1S/C18H16N4O3S/c1-25-15-7-5-12(6-8-15)17(23)20-13-3-2-4-14(9-13)21-22-18(24)16-10-26-11-19-16/h2-11,21H,1H3,(H,20,23)(H,22,24). The minimum atomic E-state index is -0.334. The molecular formula is C18H16N4O3S. The molecule has 0 aliphatic carbocycles. The second kappa shape index (κ2) is 8.13. The quantitative estimate of drug-likeness (QED) is 0.581. The summed E-state index contributed by atoms with van der Waals surface area (Å²) in [5.74, 6) is 0.110. The largest absolute Gasteiger partial charge is 0.497 e. The maximum atomic E-state index is 12.3. The first-order chi connectivity index (χ1) is 12.7. The van der Waals surface area contributed by atoms with Gasteiger partial charge >= 0.3 is 0 Å². The lowest BCUT2D eigenvalue weighted by Gasteiger charge is -2.10. The number of nitrogens with one attached hydrogen (secondary N) is 3. The molecule has 26 heavy (non-hydrogen) atoms. The van der Waals surface area contributed by atoms with E-state index in [1.54, 1.807) is 66.5 Å². The van der Waals surface area contributed by atoms with E-state index in [1.165, 1.54) is 11.3 Å². The highest BCUT2D eigenvalue weighted by Crippen LogP contribution is 2.17. The third-order valence-electron chi connectivity index (χ3n) is 3.46. The van der Waals surface area contributed by atoms with E-state index in [-0.39, 0.29) is 11.8 Å². The molecule has 1 aromatic heterocycles. The maximum Gasteiger partial charge on any atom is 0.289 e. The zero-order valence-corrected chi connectivity index (χ0v) is 14.7. The van der Waals surface area contributed by atoms with E-state index in [0.29, 0.717) is 28.4 Å². The van der Waals surface area contributed by atoms with Crippen molar-refractivity contribution in [3.63, 3.8) is 0 Å². The van der Waals surface area contributed by atoms with Crippen LogP contribution >= 0.6 is 11.3 Å². The molecule has 0 spiro atoms. The number of thiazole rings is 1. The van der Waals surface area contributed by atoms with E-state index in [0.717, 1.165) is 0 Å². The molecule has 3 aromatic rings. The molecule has 0 unspecified atom stereocenters. The first-order valence-electron chi connectivity index (χ1n) is 7.66. The Bertz CT molecular complexity index is 895. The van der Waals surface area contributed by atoms with Crippen molar-refractivity contribution in [2.45, 2.75) is 0 Å². The number of methoxy groups -OCH3 is 1. The molecule has 0 aliphatic rings. The summed E-state index contributed by atoms with van der Waals surface area (Å²) in [6.45, 7) is 0. The van der Waals surface area contributed by atoms with E-state index in [2.05, 4.69) is 21.2 Å². The maximum absolute atomic E-state index is 12.3. The van der Waals surface area contributed by atoms with Gasteiger partial charge in [0.25, 0.3) is 11.8 Å². The highest BCUT2D eigenvalue weighted by Gasteiger charge is 2.08. The number of carbonyl (C=O) groups is 2. The summed E-state index contributed by atoms with van der Waals surface area (Å²) < 4.78 is 5.08. The predicted molar refractivity (Wildman–Crippen MR) is 101 cm³/mol. The smallest absolute Gasteiger partial charge is 0.289 e.